The molecule has 3 heteroatoms. The van der Waals surface area contributed by atoms with Gasteiger partial charge in [0.25, 0.3) is 0 Å². The van der Waals surface area contributed by atoms with Gasteiger partial charge in [-0.05, 0) is 60.0 Å². The summed E-state index contributed by atoms with van der Waals surface area (Å²) in [4.78, 5) is 14.5. The molecule has 0 saturated heterocycles. The van der Waals surface area contributed by atoms with E-state index >= 15 is 0 Å². The number of hydrogen-bond acceptors (Lipinski definition) is 2. The molecule has 0 N–H and O–H groups in total. The van der Waals surface area contributed by atoms with Crippen LogP contribution in [0.1, 0.15) is 31.2 Å². The van der Waals surface area contributed by atoms with E-state index in [9.17, 15) is 4.79 Å². The molecular weight excluding hydrogens is 296 g/mol. The van der Waals surface area contributed by atoms with Crippen molar-refractivity contribution in [3.8, 4) is 0 Å². The fourth-order valence-electron chi connectivity index (χ4n) is 1.81. The second-order valence-corrected chi connectivity index (χ2v) is 6.18. The highest BCUT2D eigenvalue weighted by atomic mass is 79.9. The van der Waals surface area contributed by atoms with E-state index in [0.29, 0.717) is 0 Å². The summed E-state index contributed by atoms with van der Waals surface area (Å²) in [5.74, 6) is 0.108. The zero-order valence-electron chi connectivity index (χ0n) is 10.0. The Morgan fingerprint density at radius 3 is 2.47 bits per heavy atom. The quantitative estimate of drug-likeness (QED) is 0.737. The maximum Gasteiger partial charge on any atom is 0.204 e. The van der Waals surface area contributed by atoms with Crippen molar-refractivity contribution in [2.24, 2.45) is 0 Å². The van der Waals surface area contributed by atoms with Gasteiger partial charge in [0.1, 0.15) is 0 Å². The molecule has 0 radical (unpaired) electrons. The van der Waals surface area contributed by atoms with Gasteiger partial charge in [0.2, 0.25) is 5.78 Å². The van der Waals surface area contributed by atoms with Gasteiger partial charge in [-0.2, -0.15) is 0 Å². The predicted molar refractivity (Wildman–Crippen MR) is 76.1 cm³/mol. The van der Waals surface area contributed by atoms with Crippen molar-refractivity contribution in [2.45, 2.75) is 20.8 Å². The molecule has 1 aromatic heterocycles. The normalized spacial score (nSPS) is 10.6. The lowest BCUT2D eigenvalue weighted by Gasteiger charge is -2.05. The van der Waals surface area contributed by atoms with E-state index in [2.05, 4.69) is 22.0 Å². The van der Waals surface area contributed by atoms with Crippen molar-refractivity contribution in [1.29, 1.82) is 0 Å². The molecule has 0 aliphatic carbocycles. The molecule has 0 atom stereocenters. The summed E-state index contributed by atoms with van der Waals surface area (Å²) in [6, 6.07) is 7.84. The van der Waals surface area contributed by atoms with Gasteiger partial charge in [-0.3, -0.25) is 4.79 Å². The molecule has 88 valence electrons. The third-order valence-corrected chi connectivity index (χ3v) is 4.89. The van der Waals surface area contributed by atoms with Gasteiger partial charge in [-0.15, -0.1) is 11.3 Å². The van der Waals surface area contributed by atoms with E-state index in [-0.39, 0.29) is 5.78 Å². The third kappa shape index (κ3) is 2.35. The first-order valence-corrected chi connectivity index (χ1v) is 6.98. The van der Waals surface area contributed by atoms with Crippen LogP contribution in [0.3, 0.4) is 0 Å². The van der Waals surface area contributed by atoms with E-state index in [1.165, 1.54) is 4.88 Å². The van der Waals surface area contributed by atoms with Crippen LogP contribution >= 0.6 is 27.3 Å². The molecule has 2 aromatic rings. The number of ketones is 1. The number of benzene rings is 1. The Bertz CT molecular complexity index is 584. The molecule has 0 saturated carbocycles. The van der Waals surface area contributed by atoms with Crippen molar-refractivity contribution in [1.82, 2.24) is 0 Å². The average Bonchev–Trinajstić information content (AvgIpc) is 2.61. The van der Waals surface area contributed by atoms with Gasteiger partial charge in [0.15, 0.2) is 0 Å². The molecule has 0 aliphatic heterocycles. The third-order valence-electron chi connectivity index (χ3n) is 2.68. The maximum absolute atomic E-state index is 12.4. The van der Waals surface area contributed by atoms with Crippen molar-refractivity contribution in [2.75, 3.05) is 0 Å². The lowest BCUT2D eigenvalue weighted by molar-refractivity contribution is 0.104. The number of carbonyl (C=O) groups excluding carboxylic acids is 1. The molecule has 17 heavy (non-hydrogen) atoms. The van der Waals surface area contributed by atoms with Crippen LogP contribution in [0.4, 0.5) is 0 Å². The highest BCUT2D eigenvalue weighted by Gasteiger charge is 2.17. The Kier molecular flexibility index (Phi) is 3.50. The Labute approximate surface area is 114 Å². The Balaban J connectivity index is 2.51. The van der Waals surface area contributed by atoms with Gasteiger partial charge in [0.05, 0.1) is 4.88 Å². The maximum atomic E-state index is 12.4. The Morgan fingerprint density at radius 2 is 1.88 bits per heavy atom. The van der Waals surface area contributed by atoms with Crippen LogP contribution in [0.5, 0.6) is 0 Å². The monoisotopic (exact) mass is 308 g/mol. The van der Waals surface area contributed by atoms with Crippen LogP contribution in [0, 0.1) is 20.8 Å². The van der Waals surface area contributed by atoms with E-state index in [4.69, 9.17) is 0 Å². The van der Waals surface area contributed by atoms with Crippen LogP contribution in [-0.2, 0) is 0 Å². The van der Waals surface area contributed by atoms with Crippen molar-refractivity contribution < 1.29 is 4.79 Å². The highest BCUT2D eigenvalue weighted by Crippen LogP contribution is 2.28. The van der Waals surface area contributed by atoms with Crippen molar-refractivity contribution in [3.63, 3.8) is 0 Å². The summed E-state index contributed by atoms with van der Waals surface area (Å²) in [7, 11) is 0. The molecular formula is C14H13BrOS. The number of rotatable bonds is 2. The van der Waals surface area contributed by atoms with Crippen molar-refractivity contribution in [3.05, 3.63) is 55.2 Å². The number of thiophene rings is 1. The fraction of sp³-hybridized carbons (Fsp3) is 0.214. The van der Waals surface area contributed by atoms with Gasteiger partial charge >= 0.3 is 0 Å². The predicted octanol–water partition coefficient (Wildman–Crippen LogP) is 4.67. The molecule has 1 nitrogen and oxygen atoms in total. The zero-order valence-corrected chi connectivity index (χ0v) is 12.4. The smallest absolute Gasteiger partial charge is 0.204 e. The lowest BCUT2D eigenvalue weighted by atomic mass is 10.1. The van der Waals surface area contributed by atoms with E-state index in [1.807, 2.05) is 39.0 Å². The van der Waals surface area contributed by atoms with Crippen LogP contribution in [0.2, 0.25) is 0 Å². The van der Waals surface area contributed by atoms with E-state index < -0.39 is 0 Å². The Hall–Kier alpha value is -0.930. The average molecular weight is 309 g/mol. The Morgan fingerprint density at radius 1 is 1.18 bits per heavy atom. The van der Waals surface area contributed by atoms with Gasteiger partial charge in [0, 0.05) is 14.9 Å². The van der Waals surface area contributed by atoms with Crippen molar-refractivity contribution >= 4 is 33.0 Å². The molecule has 0 bridgehead atoms. The molecule has 0 amide bonds. The van der Waals surface area contributed by atoms with Crippen LogP contribution in [-0.4, -0.2) is 5.78 Å². The zero-order chi connectivity index (χ0) is 12.6. The summed E-state index contributed by atoms with van der Waals surface area (Å²) in [6.45, 7) is 6.01. The molecule has 2 rings (SSSR count). The van der Waals surface area contributed by atoms with Crippen LogP contribution < -0.4 is 0 Å². The summed E-state index contributed by atoms with van der Waals surface area (Å²) in [6.07, 6.45) is 0. The first-order chi connectivity index (χ1) is 8.00. The SMILES string of the molecule is Cc1cc(C)c(C(=O)c2cccc(C)c2Br)s1. The minimum absolute atomic E-state index is 0.108. The number of halogens is 1. The minimum atomic E-state index is 0.108. The highest BCUT2D eigenvalue weighted by molar-refractivity contribution is 9.10. The molecule has 0 fully saturated rings. The summed E-state index contributed by atoms with van der Waals surface area (Å²) < 4.78 is 0.899. The van der Waals surface area contributed by atoms with Crippen LogP contribution in [0.25, 0.3) is 0 Å². The summed E-state index contributed by atoms with van der Waals surface area (Å²) >= 11 is 5.05. The van der Waals surface area contributed by atoms with E-state index in [0.717, 1.165) is 26.0 Å². The molecule has 0 unspecified atom stereocenters. The van der Waals surface area contributed by atoms with E-state index in [1.54, 1.807) is 11.3 Å². The first kappa shape index (κ1) is 12.5. The minimum Gasteiger partial charge on any atom is -0.288 e. The largest absolute Gasteiger partial charge is 0.288 e. The summed E-state index contributed by atoms with van der Waals surface area (Å²) in [5, 5.41) is 0. The number of aryl methyl sites for hydroxylation is 3. The molecule has 1 heterocycles. The molecule has 0 spiro atoms. The fourth-order valence-corrected chi connectivity index (χ4v) is 3.24. The topological polar surface area (TPSA) is 17.1 Å². The second kappa shape index (κ2) is 4.75. The van der Waals surface area contributed by atoms with Gasteiger partial charge in [-0.25, -0.2) is 0 Å². The standard InChI is InChI=1S/C14H13BrOS/c1-8-5-4-6-11(12(8)15)13(16)14-9(2)7-10(3)17-14/h4-7H,1-3H3. The molecule has 1 aromatic carbocycles. The van der Waals surface area contributed by atoms with Gasteiger partial charge in [-0.1, -0.05) is 12.1 Å². The lowest BCUT2D eigenvalue weighted by Crippen LogP contribution is -2.02. The number of hydrogen-bond donors (Lipinski definition) is 0. The second-order valence-electron chi connectivity index (χ2n) is 4.13. The van der Waals surface area contributed by atoms with Crippen LogP contribution in [0.15, 0.2) is 28.7 Å². The molecule has 0 aliphatic rings. The first-order valence-electron chi connectivity index (χ1n) is 5.37. The summed E-state index contributed by atoms with van der Waals surface area (Å²) in [5.41, 5.74) is 2.89. The number of carbonyl (C=O) groups is 1. The van der Waals surface area contributed by atoms with Gasteiger partial charge < -0.3 is 0 Å².